The van der Waals surface area contributed by atoms with Crippen LogP contribution < -0.4 is 0 Å². The number of halogens is 3. The maximum Gasteiger partial charge on any atom is 0.287 e. The molecule has 15 heavy (non-hydrogen) atoms. The van der Waals surface area contributed by atoms with E-state index in [0.717, 1.165) is 6.07 Å². The number of pyridine rings is 1. The number of alkyl halides is 2. The average Bonchev–Trinajstić information content (AvgIpc) is 2.17. The molecule has 0 aliphatic rings. The lowest BCUT2D eigenvalue weighted by Gasteiger charge is -2.03. The number of carbonyl (C=O) groups is 1. The van der Waals surface area contributed by atoms with Gasteiger partial charge >= 0.3 is 0 Å². The lowest BCUT2D eigenvalue weighted by atomic mass is 10.2. The molecular weight excluding hydrogens is 278 g/mol. The number of hydrogen-bond acceptors (Lipinski definition) is 4. The molecule has 0 amide bonds. The van der Waals surface area contributed by atoms with E-state index in [0.29, 0.717) is 0 Å². The molecule has 1 aromatic rings. The third-order valence-electron chi connectivity index (χ3n) is 1.51. The number of nitrogens with zero attached hydrogens (tertiary/aromatic N) is 2. The quantitative estimate of drug-likeness (QED) is 0.484. The highest BCUT2D eigenvalue weighted by Gasteiger charge is 2.24. The molecule has 0 spiro atoms. The van der Waals surface area contributed by atoms with Crippen molar-refractivity contribution in [3.63, 3.8) is 0 Å². The van der Waals surface area contributed by atoms with Gasteiger partial charge in [0.05, 0.1) is 4.92 Å². The van der Waals surface area contributed by atoms with Gasteiger partial charge in [0.25, 0.3) is 12.1 Å². The summed E-state index contributed by atoms with van der Waals surface area (Å²) in [6.07, 6.45) is -2.82. The summed E-state index contributed by atoms with van der Waals surface area (Å²) in [5, 5.41) is 10.5. The fourth-order valence-electron chi connectivity index (χ4n) is 0.893. The van der Waals surface area contributed by atoms with Gasteiger partial charge < -0.3 is 0 Å². The van der Waals surface area contributed by atoms with Crippen LogP contribution in [0.3, 0.4) is 0 Å². The molecule has 0 aromatic carbocycles. The number of aldehydes is 1. The summed E-state index contributed by atoms with van der Waals surface area (Å²) in [6, 6.07) is 0.822. The van der Waals surface area contributed by atoms with E-state index in [-0.39, 0.29) is 6.29 Å². The molecule has 5 nitrogen and oxygen atoms in total. The summed E-state index contributed by atoms with van der Waals surface area (Å²) in [4.78, 5) is 23.2. The average molecular weight is 281 g/mol. The van der Waals surface area contributed by atoms with Gasteiger partial charge in [-0.1, -0.05) is 0 Å². The van der Waals surface area contributed by atoms with Crippen molar-refractivity contribution < 1.29 is 18.5 Å². The van der Waals surface area contributed by atoms with E-state index in [1.54, 1.807) is 0 Å². The number of carbonyl (C=O) groups excluding carboxylic acids is 1. The maximum absolute atomic E-state index is 12.4. The second-order valence-corrected chi connectivity index (χ2v) is 3.23. The van der Waals surface area contributed by atoms with Crippen LogP contribution in [0, 0.1) is 10.1 Å². The van der Waals surface area contributed by atoms with Gasteiger partial charge in [0.15, 0.2) is 6.29 Å². The van der Waals surface area contributed by atoms with Crippen LogP contribution in [0.25, 0.3) is 0 Å². The molecule has 80 valence electrons. The van der Waals surface area contributed by atoms with Crippen molar-refractivity contribution >= 4 is 27.9 Å². The zero-order valence-electron chi connectivity index (χ0n) is 6.99. The Kier molecular flexibility index (Phi) is 3.40. The van der Waals surface area contributed by atoms with Crippen LogP contribution in [0.5, 0.6) is 0 Å². The fourth-order valence-corrected chi connectivity index (χ4v) is 1.41. The van der Waals surface area contributed by atoms with Crippen molar-refractivity contribution in [2.75, 3.05) is 0 Å². The third kappa shape index (κ3) is 2.32. The minimum absolute atomic E-state index is 0.172. The van der Waals surface area contributed by atoms with Crippen LogP contribution in [0.4, 0.5) is 14.5 Å². The minimum atomic E-state index is -2.99. The normalized spacial score (nSPS) is 10.4. The van der Waals surface area contributed by atoms with E-state index in [9.17, 15) is 23.7 Å². The summed E-state index contributed by atoms with van der Waals surface area (Å²) in [7, 11) is 0. The second kappa shape index (κ2) is 4.39. The molecule has 0 N–H and O–H groups in total. The first kappa shape index (κ1) is 11.6. The van der Waals surface area contributed by atoms with Gasteiger partial charge in [-0.25, -0.2) is 13.8 Å². The van der Waals surface area contributed by atoms with Crippen LogP contribution in [-0.2, 0) is 0 Å². The molecule has 8 heteroatoms. The van der Waals surface area contributed by atoms with Gasteiger partial charge in [-0.2, -0.15) is 0 Å². The number of aromatic nitrogens is 1. The van der Waals surface area contributed by atoms with Gasteiger partial charge in [-0.3, -0.25) is 14.9 Å². The Morgan fingerprint density at radius 1 is 1.60 bits per heavy atom. The van der Waals surface area contributed by atoms with E-state index < -0.39 is 32.9 Å². The van der Waals surface area contributed by atoms with Crippen LogP contribution >= 0.6 is 15.9 Å². The highest BCUT2D eigenvalue weighted by atomic mass is 79.9. The lowest BCUT2D eigenvalue weighted by Crippen LogP contribution is -2.01. The predicted molar refractivity (Wildman–Crippen MR) is 48.9 cm³/mol. The molecule has 0 atom stereocenters. The monoisotopic (exact) mass is 280 g/mol. The maximum atomic E-state index is 12.4. The summed E-state index contributed by atoms with van der Waals surface area (Å²) >= 11 is 2.65. The Hall–Kier alpha value is -1.44. The predicted octanol–water partition coefficient (Wildman–Crippen LogP) is 2.50. The minimum Gasteiger partial charge on any atom is -0.296 e. The SMILES string of the molecule is O=Cc1cc([N+](=O)[O-])c(Br)c(C(F)F)n1. The zero-order valence-corrected chi connectivity index (χ0v) is 8.57. The Bertz CT molecular complexity index is 425. The Morgan fingerprint density at radius 2 is 2.20 bits per heavy atom. The van der Waals surface area contributed by atoms with Gasteiger partial charge in [0, 0.05) is 6.07 Å². The van der Waals surface area contributed by atoms with E-state index >= 15 is 0 Å². The number of hydrogen-bond donors (Lipinski definition) is 0. The van der Waals surface area contributed by atoms with Gasteiger partial charge in [0.2, 0.25) is 0 Å². The molecule has 1 aromatic heterocycles. The summed E-state index contributed by atoms with van der Waals surface area (Å²) in [5.41, 5.74) is -1.83. The molecule has 0 saturated heterocycles. The standard InChI is InChI=1S/C7H3BrF2N2O3/c8-5-4(12(14)15)1-3(2-13)11-6(5)7(9)10/h1-2,7H. The molecule has 0 radical (unpaired) electrons. The first-order valence-corrected chi connectivity index (χ1v) is 4.34. The van der Waals surface area contributed by atoms with Crippen LogP contribution in [-0.4, -0.2) is 16.2 Å². The lowest BCUT2D eigenvalue weighted by molar-refractivity contribution is -0.385. The molecule has 1 heterocycles. The van der Waals surface area contributed by atoms with E-state index in [2.05, 4.69) is 20.9 Å². The third-order valence-corrected chi connectivity index (χ3v) is 2.32. The molecule has 1 rings (SSSR count). The molecule has 0 bridgehead atoms. The van der Waals surface area contributed by atoms with Crippen molar-refractivity contribution in [3.8, 4) is 0 Å². The van der Waals surface area contributed by atoms with Crippen molar-refractivity contribution in [3.05, 3.63) is 32.0 Å². The second-order valence-electron chi connectivity index (χ2n) is 2.44. The Morgan fingerprint density at radius 3 is 2.60 bits per heavy atom. The summed E-state index contributed by atoms with van der Waals surface area (Å²) < 4.78 is 24.3. The van der Waals surface area contributed by atoms with Crippen molar-refractivity contribution in [2.45, 2.75) is 6.43 Å². The van der Waals surface area contributed by atoms with E-state index in [4.69, 9.17) is 0 Å². The summed E-state index contributed by atoms with van der Waals surface area (Å²) in [6.45, 7) is 0. The molecule has 0 unspecified atom stereocenters. The number of rotatable bonds is 3. The van der Waals surface area contributed by atoms with Gasteiger partial charge in [-0.05, 0) is 15.9 Å². The highest BCUT2D eigenvalue weighted by molar-refractivity contribution is 9.10. The van der Waals surface area contributed by atoms with Crippen molar-refractivity contribution in [1.29, 1.82) is 0 Å². The highest BCUT2D eigenvalue weighted by Crippen LogP contribution is 2.33. The molecule has 0 aliphatic carbocycles. The molecular formula is C7H3BrF2N2O3. The van der Waals surface area contributed by atoms with E-state index in [1.807, 2.05) is 0 Å². The van der Waals surface area contributed by atoms with Gasteiger partial charge in [0.1, 0.15) is 15.9 Å². The van der Waals surface area contributed by atoms with Crippen LogP contribution in [0.2, 0.25) is 0 Å². The molecule has 0 fully saturated rings. The molecule has 0 aliphatic heterocycles. The smallest absolute Gasteiger partial charge is 0.287 e. The van der Waals surface area contributed by atoms with Crippen molar-refractivity contribution in [2.24, 2.45) is 0 Å². The first-order chi connectivity index (χ1) is 6.97. The van der Waals surface area contributed by atoms with Crippen LogP contribution in [0.15, 0.2) is 10.5 Å². The first-order valence-electron chi connectivity index (χ1n) is 3.55. The largest absolute Gasteiger partial charge is 0.296 e. The fraction of sp³-hybridized carbons (Fsp3) is 0.143. The van der Waals surface area contributed by atoms with Crippen LogP contribution in [0.1, 0.15) is 22.6 Å². The summed E-state index contributed by atoms with van der Waals surface area (Å²) in [5.74, 6) is 0. The molecule has 0 saturated carbocycles. The Labute approximate surface area is 90.4 Å². The van der Waals surface area contributed by atoms with E-state index in [1.165, 1.54) is 0 Å². The van der Waals surface area contributed by atoms with Gasteiger partial charge in [-0.15, -0.1) is 0 Å². The van der Waals surface area contributed by atoms with Crippen molar-refractivity contribution in [1.82, 2.24) is 4.98 Å². The topological polar surface area (TPSA) is 73.1 Å². The Balaban J connectivity index is 3.46. The number of nitro groups is 1. The zero-order chi connectivity index (χ0) is 11.6.